The number of esters is 1. The second-order valence-corrected chi connectivity index (χ2v) is 4.74. The van der Waals surface area contributed by atoms with E-state index in [-0.39, 0.29) is 18.8 Å². The highest BCUT2D eigenvalue weighted by atomic mass is 79.9. The summed E-state index contributed by atoms with van der Waals surface area (Å²) in [6, 6.07) is 5.09. The van der Waals surface area contributed by atoms with Crippen LogP contribution in [-0.4, -0.2) is 18.4 Å². The Morgan fingerprint density at radius 2 is 1.94 bits per heavy atom. The van der Waals surface area contributed by atoms with Crippen molar-refractivity contribution in [3.8, 4) is 0 Å². The predicted molar refractivity (Wildman–Crippen MR) is 67.4 cm³/mol. The van der Waals surface area contributed by atoms with Gasteiger partial charge in [-0.25, -0.2) is 0 Å². The van der Waals surface area contributed by atoms with Crippen LogP contribution in [0, 0.1) is 0 Å². The lowest BCUT2D eigenvalue weighted by molar-refractivity contribution is -0.141. The minimum Gasteiger partial charge on any atom is -0.466 e. The highest BCUT2D eigenvalue weighted by Crippen LogP contribution is 2.24. The number of hydrogen-bond acceptors (Lipinski definition) is 3. The SMILES string of the molecule is CCOC(=O)CC(=O)c1ccc(Br)c(Br)c1. The van der Waals surface area contributed by atoms with Crippen molar-refractivity contribution in [2.75, 3.05) is 6.61 Å². The Bertz CT molecular complexity index is 416. The van der Waals surface area contributed by atoms with E-state index in [1.165, 1.54) is 0 Å². The van der Waals surface area contributed by atoms with E-state index in [0.29, 0.717) is 5.56 Å². The van der Waals surface area contributed by atoms with Crippen LogP contribution in [0.25, 0.3) is 0 Å². The first-order valence-corrected chi connectivity index (χ1v) is 6.27. The Kier molecular flexibility index (Phi) is 5.15. The van der Waals surface area contributed by atoms with E-state index in [4.69, 9.17) is 4.74 Å². The summed E-state index contributed by atoms with van der Waals surface area (Å²) < 4.78 is 6.35. The van der Waals surface area contributed by atoms with Crippen LogP contribution in [0.5, 0.6) is 0 Å². The molecule has 0 N–H and O–H groups in total. The summed E-state index contributed by atoms with van der Waals surface area (Å²) in [6.45, 7) is 1.99. The zero-order chi connectivity index (χ0) is 12.1. The van der Waals surface area contributed by atoms with E-state index < -0.39 is 5.97 Å². The minimum absolute atomic E-state index is 0.220. The van der Waals surface area contributed by atoms with Crippen molar-refractivity contribution in [1.29, 1.82) is 0 Å². The van der Waals surface area contributed by atoms with Gasteiger partial charge in [0, 0.05) is 14.5 Å². The lowest BCUT2D eigenvalue weighted by Gasteiger charge is -2.03. The van der Waals surface area contributed by atoms with Crippen LogP contribution < -0.4 is 0 Å². The number of carbonyl (C=O) groups excluding carboxylic acids is 2. The van der Waals surface area contributed by atoms with E-state index >= 15 is 0 Å². The van der Waals surface area contributed by atoms with E-state index in [9.17, 15) is 9.59 Å². The monoisotopic (exact) mass is 348 g/mol. The molecular weight excluding hydrogens is 340 g/mol. The molecule has 0 unspecified atom stereocenters. The van der Waals surface area contributed by atoms with Gasteiger partial charge in [-0.1, -0.05) is 6.07 Å². The molecule has 86 valence electrons. The zero-order valence-corrected chi connectivity index (χ0v) is 11.8. The van der Waals surface area contributed by atoms with Crippen LogP contribution >= 0.6 is 31.9 Å². The van der Waals surface area contributed by atoms with Crippen molar-refractivity contribution in [3.05, 3.63) is 32.7 Å². The van der Waals surface area contributed by atoms with Gasteiger partial charge in [-0.05, 0) is 50.9 Å². The summed E-state index contributed by atoms with van der Waals surface area (Å²) in [5.74, 6) is -0.738. The molecule has 0 heterocycles. The molecule has 0 saturated carbocycles. The van der Waals surface area contributed by atoms with Crippen molar-refractivity contribution >= 4 is 43.6 Å². The smallest absolute Gasteiger partial charge is 0.313 e. The summed E-state index contributed by atoms with van der Waals surface area (Å²) in [5.41, 5.74) is 0.489. The molecule has 0 aliphatic rings. The van der Waals surface area contributed by atoms with Crippen LogP contribution in [0.2, 0.25) is 0 Å². The number of hydrogen-bond donors (Lipinski definition) is 0. The van der Waals surface area contributed by atoms with E-state index in [2.05, 4.69) is 31.9 Å². The highest BCUT2D eigenvalue weighted by molar-refractivity contribution is 9.13. The maximum atomic E-state index is 11.7. The number of ketones is 1. The van der Waals surface area contributed by atoms with Gasteiger partial charge >= 0.3 is 5.97 Å². The molecule has 0 saturated heterocycles. The van der Waals surface area contributed by atoms with Crippen LogP contribution in [0.15, 0.2) is 27.1 Å². The second kappa shape index (κ2) is 6.15. The summed E-state index contributed by atoms with van der Waals surface area (Å²) >= 11 is 6.60. The molecule has 0 fully saturated rings. The number of halogens is 2. The normalized spacial score (nSPS) is 9.94. The first-order valence-electron chi connectivity index (χ1n) is 4.68. The van der Waals surface area contributed by atoms with Crippen LogP contribution in [0.1, 0.15) is 23.7 Å². The molecule has 0 amide bonds. The summed E-state index contributed by atoms with van der Waals surface area (Å²) in [5, 5.41) is 0. The molecule has 0 spiro atoms. The number of carbonyl (C=O) groups is 2. The van der Waals surface area contributed by atoms with Crippen molar-refractivity contribution in [2.45, 2.75) is 13.3 Å². The molecule has 0 radical (unpaired) electrons. The lowest BCUT2D eigenvalue weighted by Crippen LogP contribution is -2.11. The third-order valence-electron chi connectivity index (χ3n) is 1.85. The fraction of sp³-hybridized carbons (Fsp3) is 0.273. The van der Waals surface area contributed by atoms with E-state index in [1.54, 1.807) is 25.1 Å². The minimum atomic E-state index is -0.494. The molecule has 1 aromatic carbocycles. The molecule has 0 atom stereocenters. The van der Waals surface area contributed by atoms with Gasteiger partial charge in [-0.15, -0.1) is 0 Å². The quantitative estimate of drug-likeness (QED) is 0.475. The van der Waals surface area contributed by atoms with Crippen molar-refractivity contribution in [3.63, 3.8) is 0 Å². The van der Waals surface area contributed by atoms with E-state index in [1.807, 2.05) is 0 Å². The molecule has 3 nitrogen and oxygen atoms in total. The molecule has 0 aromatic heterocycles. The van der Waals surface area contributed by atoms with Gasteiger partial charge in [0.05, 0.1) is 6.61 Å². The maximum absolute atomic E-state index is 11.7. The third kappa shape index (κ3) is 3.72. The number of rotatable bonds is 4. The van der Waals surface area contributed by atoms with Crippen LogP contribution in [0.4, 0.5) is 0 Å². The Hall–Kier alpha value is -0.680. The molecule has 5 heteroatoms. The van der Waals surface area contributed by atoms with Gasteiger partial charge in [0.2, 0.25) is 0 Å². The van der Waals surface area contributed by atoms with Gasteiger partial charge in [0.15, 0.2) is 5.78 Å². The molecule has 16 heavy (non-hydrogen) atoms. The average Bonchev–Trinajstić information content (AvgIpc) is 2.22. The Balaban J connectivity index is 2.73. The summed E-state index contributed by atoms with van der Waals surface area (Å²) in [7, 11) is 0. The zero-order valence-electron chi connectivity index (χ0n) is 8.63. The number of benzene rings is 1. The van der Waals surface area contributed by atoms with Crippen LogP contribution in [0.3, 0.4) is 0 Å². The van der Waals surface area contributed by atoms with Crippen molar-refractivity contribution < 1.29 is 14.3 Å². The summed E-state index contributed by atoms with van der Waals surface area (Å²) in [4.78, 5) is 22.8. The topological polar surface area (TPSA) is 43.4 Å². The fourth-order valence-electron chi connectivity index (χ4n) is 1.11. The Labute approximate surface area is 110 Å². The first-order chi connectivity index (χ1) is 7.54. The second-order valence-electron chi connectivity index (χ2n) is 3.03. The average molecular weight is 350 g/mol. The summed E-state index contributed by atoms with van der Waals surface area (Å²) in [6.07, 6.45) is -0.220. The Morgan fingerprint density at radius 3 is 2.50 bits per heavy atom. The molecule has 1 aromatic rings. The van der Waals surface area contributed by atoms with Gasteiger partial charge in [0.25, 0.3) is 0 Å². The van der Waals surface area contributed by atoms with Crippen molar-refractivity contribution in [2.24, 2.45) is 0 Å². The van der Waals surface area contributed by atoms with Crippen LogP contribution in [-0.2, 0) is 9.53 Å². The van der Waals surface area contributed by atoms with Gasteiger partial charge < -0.3 is 4.74 Å². The van der Waals surface area contributed by atoms with Gasteiger partial charge in [-0.2, -0.15) is 0 Å². The Morgan fingerprint density at radius 1 is 1.25 bits per heavy atom. The molecule has 0 bridgehead atoms. The predicted octanol–water partition coefficient (Wildman–Crippen LogP) is 3.35. The third-order valence-corrected chi connectivity index (χ3v) is 3.73. The molecule has 0 aliphatic heterocycles. The van der Waals surface area contributed by atoms with Gasteiger partial charge in [0.1, 0.15) is 6.42 Å². The lowest BCUT2D eigenvalue weighted by atomic mass is 10.1. The molecule has 0 aliphatic carbocycles. The number of Topliss-reactive ketones (excluding diaryl/α,β-unsaturated/α-hetero) is 1. The molecule has 1 rings (SSSR count). The number of ether oxygens (including phenoxy) is 1. The van der Waals surface area contributed by atoms with E-state index in [0.717, 1.165) is 8.95 Å². The van der Waals surface area contributed by atoms with Gasteiger partial charge in [-0.3, -0.25) is 9.59 Å². The standard InChI is InChI=1S/C11H10Br2O3/c1-2-16-11(15)6-10(14)7-3-4-8(12)9(13)5-7/h3-5H,2,6H2,1H3. The first kappa shape index (κ1) is 13.4. The largest absolute Gasteiger partial charge is 0.466 e. The molecular formula is C11H10Br2O3. The highest BCUT2D eigenvalue weighted by Gasteiger charge is 2.13. The van der Waals surface area contributed by atoms with Crippen molar-refractivity contribution in [1.82, 2.24) is 0 Å². The fourth-order valence-corrected chi connectivity index (χ4v) is 1.74. The maximum Gasteiger partial charge on any atom is 0.313 e.